The van der Waals surface area contributed by atoms with Gasteiger partial charge < -0.3 is 14.4 Å². The van der Waals surface area contributed by atoms with Crippen molar-refractivity contribution in [1.82, 2.24) is 14.4 Å². The largest absolute Gasteiger partial charge is 0.336 e. The lowest BCUT2D eigenvalue weighted by molar-refractivity contribution is 0.155. The maximum absolute atomic E-state index is 2.62. The smallest absolute Gasteiger partial charge is 0.0531 e. The molecule has 128 valence electrons. The zero-order valence-corrected chi connectivity index (χ0v) is 14.9. The van der Waals surface area contributed by atoms with E-state index in [0.717, 1.165) is 19.5 Å². The average Bonchev–Trinajstić information content (AvgIpc) is 3.17. The molecule has 2 aromatic carbocycles. The van der Waals surface area contributed by atoms with Crippen LogP contribution in [0.3, 0.4) is 0 Å². The number of rotatable bonds is 3. The number of aromatic nitrogens is 1. The summed E-state index contributed by atoms with van der Waals surface area (Å²) in [5, 5.41) is 1.45. The quantitative estimate of drug-likeness (QED) is 0.570. The second kappa shape index (κ2) is 6.01. The average molecular weight is 331 g/mol. The summed E-state index contributed by atoms with van der Waals surface area (Å²) in [4.78, 5) is 5.05. The summed E-state index contributed by atoms with van der Waals surface area (Å²) in [6.45, 7) is 6.95. The first kappa shape index (κ1) is 15.2. The minimum absolute atomic E-state index is 1.01. The van der Waals surface area contributed by atoms with Gasteiger partial charge in [0.2, 0.25) is 0 Å². The molecule has 3 nitrogen and oxygen atoms in total. The molecule has 0 bridgehead atoms. The van der Waals surface area contributed by atoms with E-state index in [-0.39, 0.29) is 0 Å². The number of likely N-dealkylation sites (N-methyl/N-ethyl adjacent to an activating group) is 1. The van der Waals surface area contributed by atoms with Crippen LogP contribution < -0.4 is 0 Å². The van der Waals surface area contributed by atoms with Gasteiger partial charge in [0, 0.05) is 55.7 Å². The highest BCUT2D eigenvalue weighted by atomic mass is 15.2. The fraction of sp³-hybridized carbons (Fsp3) is 0.364. The van der Waals surface area contributed by atoms with E-state index in [2.05, 4.69) is 69.9 Å². The maximum Gasteiger partial charge on any atom is 0.0531 e. The molecule has 0 amide bonds. The molecule has 3 aromatic rings. The molecule has 3 heterocycles. The number of para-hydroxylation sites is 1. The fourth-order valence-electron chi connectivity index (χ4n) is 4.50. The Balaban J connectivity index is 1.52. The zero-order valence-electron chi connectivity index (χ0n) is 14.9. The molecule has 2 aliphatic rings. The van der Waals surface area contributed by atoms with Gasteiger partial charge in [0.1, 0.15) is 0 Å². The Morgan fingerprint density at radius 3 is 2.52 bits per heavy atom. The van der Waals surface area contributed by atoms with Crippen LogP contribution >= 0.6 is 0 Å². The summed E-state index contributed by atoms with van der Waals surface area (Å²) in [6, 6.07) is 17.9. The summed E-state index contributed by atoms with van der Waals surface area (Å²) in [5.41, 5.74) is 7.30. The molecule has 0 spiro atoms. The van der Waals surface area contributed by atoms with E-state index < -0.39 is 0 Å². The zero-order chi connectivity index (χ0) is 16.8. The van der Waals surface area contributed by atoms with Crippen molar-refractivity contribution in [3.8, 4) is 11.3 Å². The summed E-state index contributed by atoms with van der Waals surface area (Å²) in [7, 11) is 2.22. The Bertz CT molecular complexity index is 916. The van der Waals surface area contributed by atoms with Crippen LogP contribution in [-0.4, -0.2) is 54.1 Å². The minimum Gasteiger partial charge on any atom is -0.336 e. The fourth-order valence-corrected chi connectivity index (χ4v) is 4.50. The summed E-state index contributed by atoms with van der Waals surface area (Å²) < 4.78 is 2.53. The Labute approximate surface area is 149 Å². The predicted octanol–water partition coefficient (Wildman–Crippen LogP) is 3.46. The molecule has 1 saturated heterocycles. The van der Waals surface area contributed by atoms with Crippen LogP contribution in [0.4, 0.5) is 0 Å². The summed E-state index contributed by atoms with van der Waals surface area (Å²) >= 11 is 0. The van der Waals surface area contributed by atoms with Crippen molar-refractivity contribution in [3.05, 3.63) is 59.7 Å². The van der Waals surface area contributed by atoms with Crippen LogP contribution in [-0.2, 0) is 13.0 Å². The number of nitrogens with zero attached hydrogens (tertiary/aromatic N) is 3. The van der Waals surface area contributed by atoms with Gasteiger partial charge in [0.15, 0.2) is 0 Å². The van der Waals surface area contributed by atoms with E-state index in [0.29, 0.717) is 0 Å². The van der Waals surface area contributed by atoms with Gasteiger partial charge in [0.05, 0.1) is 5.69 Å². The normalized spacial score (nSPS) is 17.8. The van der Waals surface area contributed by atoms with E-state index in [1.807, 2.05) is 0 Å². The third kappa shape index (κ3) is 2.50. The van der Waals surface area contributed by atoms with Gasteiger partial charge in [-0.25, -0.2) is 0 Å². The van der Waals surface area contributed by atoms with Gasteiger partial charge in [-0.05, 0) is 30.7 Å². The number of fused-ring (bicyclic) bond motifs is 5. The van der Waals surface area contributed by atoms with Gasteiger partial charge in [-0.1, -0.05) is 42.5 Å². The molecule has 0 N–H and O–H groups in total. The summed E-state index contributed by atoms with van der Waals surface area (Å²) in [5.74, 6) is 0. The molecule has 0 atom stereocenters. The number of hydrogen-bond acceptors (Lipinski definition) is 2. The first-order valence-corrected chi connectivity index (χ1v) is 9.40. The Morgan fingerprint density at radius 2 is 1.64 bits per heavy atom. The highest BCUT2D eigenvalue weighted by Gasteiger charge is 2.25. The lowest BCUT2D eigenvalue weighted by Crippen LogP contribution is -2.45. The Hall–Kier alpha value is -2.10. The Morgan fingerprint density at radius 1 is 0.880 bits per heavy atom. The first-order valence-electron chi connectivity index (χ1n) is 9.40. The van der Waals surface area contributed by atoms with Crippen molar-refractivity contribution in [2.24, 2.45) is 0 Å². The SMILES string of the molecule is CN1CCN(CCc2c3n(c4ccccc24)Cc2ccccc2-3)CC1. The summed E-state index contributed by atoms with van der Waals surface area (Å²) in [6.07, 6.45) is 1.14. The van der Waals surface area contributed by atoms with Crippen molar-refractivity contribution < 1.29 is 0 Å². The van der Waals surface area contributed by atoms with Gasteiger partial charge in [0.25, 0.3) is 0 Å². The van der Waals surface area contributed by atoms with Crippen LogP contribution in [0.25, 0.3) is 22.2 Å². The Kier molecular flexibility index (Phi) is 3.65. The highest BCUT2D eigenvalue weighted by Crippen LogP contribution is 2.41. The maximum atomic E-state index is 2.62. The molecule has 5 rings (SSSR count). The molecule has 2 aliphatic heterocycles. The topological polar surface area (TPSA) is 11.4 Å². The van der Waals surface area contributed by atoms with Crippen LogP contribution in [0.2, 0.25) is 0 Å². The molecule has 3 heteroatoms. The van der Waals surface area contributed by atoms with Crippen molar-refractivity contribution >= 4 is 10.9 Å². The molecule has 0 aliphatic carbocycles. The van der Waals surface area contributed by atoms with Crippen LogP contribution in [0.1, 0.15) is 11.1 Å². The molecule has 1 fully saturated rings. The van der Waals surface area contributed by atoms with Crippen LogP contribution in [0.15, 0.2) is 48.5 Å². The van der Waals surface area contributed by atoms with Crippen molar-refractivity contribution in [1.29, 1.82) is 0 Å². The van der Waals surface area contributed by atoms with Gasteiger partial charge in [-0.3, -0.25) is 0 Å². The van der Waals surface area contributed by atoms with E-state index >= 15 is 0 Å². The van der Waals surface area contributed by atoms with Gasteiger partial charge >= 0.3 is 0 Å². The second-order valence-corrected chi connectivity index (χ2v) is 7.48. The second-order valence-electron chi connectivity index (χ2n) is 7.48. The molecular formula is C22H25N3. The van der Waals surface area contributed by atoms with Crippen molar-refractivity contribution in [2.75, 3.05) is 39.8 Å². The van der Waals surface area contributed by atoms with E-state index in [1.165, 1.54) is 53.9 Å². The lowest BCUT2D eigenvalue weighted by Gasteiger charge is -2.32. The molecule has 0 saturated carbocycles. The molecule has 25 heavy (non-hydrogen) atoms. The standard InChI is InChI=1S/C22H25N3/c1-23-12-14-24(15-13-23)11-10-20-19-8-4-5-9-21(19)25-16-17-6-2-3-7-18(17)22(20)25/h2-9H,10-16H2,1H3. The number of benzene rings is 2. The van der Waals surface area contributed by atoms with E-state index in [4.69, 9.17) is 0 Å². The van der Waals surface area contributed by atoms with Crippen molar-refractivity contribution in [2.45, 2.75) is 13.0 Å². The minimum atomic E-state index is 1.01. The van der Waals surface area contributed by atoms with Gasteiger partial charge in [-0.2, -0.15) is 0 Å². The van der Waals surface area contributed by atoms with E-state index in [1.54, 1.807) is 5.56 Å². The monoisotopic (exact) mass is 331 g/mol. The molecule has 1 aromatic heterocycles. The third-order valence-electron chi connectivity index (χ3n) is 5.95. The van der Waals surface area contributed by atoms with Crippen LogP contribution in [0, 0.1) is 0 Å². The molecule has 0 radical (unpaired) electrons. The lowest BCUT2D eigenvalue weighted by atomic mass is 10.00. The third-order valence-corrected chi connectivity index (χ3v) is 5.95. The number of piperazine rings is 1. The first-order chi connectivity index (χ1) is 12.3. The van der Waals surface area contributed by atoms with Gasteiger partial charge in [-0.15, -0.1) is 0 Å². The predicted molar refractivity (Wildman–Crippen MR) is 104 cm³/mol. The van der Waals surface area contributed by atoms with E-state index in [9.17, 15) is 0 Å². The number of hydrogen-bond donors (Lipinski definition) is 0. The van der Waals surface area contributed by atoms with Crippen molar-refractivity contribution in [3.63, 3.8) is 0 Å². The molecular weight excluding hydrogens is 306 g/mol. The van der Waals surface area contributed by atoms with Crippen LogP contribution in [0.5, 0.6) is 0 Å². The highest BCUT2D eigenvalue weighted by molar-refractivity contribution is 5.94. The molecule has 0 unspecified atom stereocenters.